The standard InChI is InChI=1S/C16H21N3O/c1-11-5-7-15(8-6-11)20-10-14(4)19-16-17-12(2)9-13(3)18-16/h5-9,14H,10H2,1-4H3,(H,17,18,19). The van der Waals surface area contributed by atoms with E-state index in [-0.39, 0.29) is 6.04 Å². The first-order chi connectivity index (χ1) is 9.52. The molecule has 0 spiro atoms. The van der Waals surface area contributed by atoms with Crippen LogP contribution in [0.5, 0.6) is 5.75 Å². The molecule has 4 nitrogen and oxygen atoms in total. The van der Waals surface area contributed by atoms with Crippen LogP contribution in [0.4, 0.5) is 5.95 Å². The van der Waals surface area contributed by atoms with Crippen LogP contribution >= 0.6 is 0 Å². The van der Waals surface area contributed by atoms with E-state index in [4.69, 9.17) is 4.74 Å². The van der Waals surface area contributed by atoms with E-state index in [9.17, 15) is 0 Å². The maximum absolute atomic E-state index is 5.74. The molecule has 0 aliphatic heterocycles. The number of rotatable bonds is 5. The Balaban J connectivity index is 1.88. The fourth-order valence-electron chi connectivity index (χ4n) is 1.91. The minimum absolute atomic E-state index is 0.137. The molecule has 1 N–H and O–H groups in total. The van der Waals surface area contributed by atoms with Crippen LogP contribution in [-0.2, 0) is 0 Å². The molecule has 1 aromatic heterocycles. The first-order valence-corrected chi connectivity index (χ1v) is 6.81. The van der Waals surface area contributed by atoms with Crippen molar-refractivity contribution in [3.8, 4) is 5.75 Å². The molecule has 2 aromatic rings. The summed E-state index contributed by atoms with van der Waals surface area (Å²) in [6.45, 7) is 8.61. The summed E-state index contributed by atoms with van der Waals surface area (Å²) in [5, 5.41) is 3.26. The normalized spacial score (nSPS) is 12.0. The molecule has 1 atom stereocenters. The third kappa shape index (κ3) is 4.23. The van der Waals surface area contributed by atoms with Crippen molar-refractivity contribution in [3.63, 3.8) is 0 Å². The summed E-state index contributed by atoms with van der Waals surface area (Å²) in [5.41, 5.74) is 3.16. The lowest BCUT2D eigenvalue weighted by Gasteiger charge is -2.15. The van der Waals surface area contributed by atoms with E-state index < -0.39 is 0 Å². The van der Waals surface area contributed by atoms with Crippen LogP contribution in [0, 0.1) is 20.8 Å². The summed E-state index contributed by atoms with van der Waals surface area (Å²) in [7, 11) is 0. The molecule has 0 amide bonds. The summed E-state index contributed by atoms with van der Waals surface area (Å²) in [4.78, 5) is 8.73. The van der Waals surface area contributed by atoms with E-state index >= 15 is 0 Å². The molecule has 1 aromatic carbocycles. The number of aromatic nitrogens is 2. The number of benzene rings is 1. The number of hydrogen-bond donors (Lipinski definition) is 1. The third-order valence-electron chi connectivity index (χ3n) is 2.88. The average molecular weight is 271 g/mol. The number of aryl methyl sites for hydroxylation is 3. The second-order valence-corrected chi connectivity index (χ2v) is 5.14. The highest BCUT2D eigenvalue weighted by Gasteiger charge is 2.06. The monoisotopic (exact) mass is 271 g/mol. The van der Waals surface area contributed by atoms with Gasteiger partial charge in [-0.05, 0) is 45.9 Å². The van der Waals surface area contributed by atoms with Gasteiger partial charge in [0.1, 0.15) is 12.4 Å². The van der Waals surface area contributed by atoms with Crippen LogP contribution < -0.4 is 10.1 Å². The van der Waals surface area contributed by atoms with Crippen LogP contribution in [0.1, 0.15) is 23.9 Å². The average Bonchev–Trinajstić information content (AvgIpc) is 2.37. The summed E-state index contributed by atoms with van der Waals surface area (Å²) in [5.74, 6) is 1.54. The summed E-state index contributed by atoms with van der Waals surface area (Å²) >= 11 is 0. The number of hydrogen-bond acceptors (Lipinski definition) is 4. The molecule has 0 fully saturated rings. The van der Waals surface area contributed by atoms with Gasteiger partial charge in [0.15, 0.2) is 0 Å². The smallest absolute Gasteiger partial charge is 0.223 e. The number of nitrogens with one attached hydrogen (secondary N) is 1. The van der Waals surface area contributed by atoms with Crippen molar-refractivity contribution in [2.45, 2.75) is 33.7 Å². The van der Waals surface area contributed by atoms with Crippen molar-refractivity contribution >= 4 is 5.95 Å². The van der Waals surface area contributed by atoms with Gasteiger partial charge in [-0.1, -0.05) is 17.7 Å². The fourth-order valence-corrected chi connectivity index (χ4v) is 1.91. The van der Waals surface area contributed by atoms with Crippen molar-refractivity contribution in [1.82, 2.24) is 9.97 Å². The van der Waals surface area contributed by atoms with E-state index in [1.807, 2.05) is 44.2 Å². The molecule has 0 saturated carbocycles. The zero-order chi connectivity index (χ0) is 14.5. The predicted octanol–water partition coefficient (Wildman–Crippen LogP) is 3.28. The van der Waals surface area contributed by atoms with E-state index in [0.29, 0.717) is 12.6 Å². The zero-order valence-electron chi connectivity index (χ0n) is 12.5. The van der Waals surface area contributed by atoms with Gasteiger partial charge in [-0.25, -0.2) is 9.97 Å². The van der Waals surface area contributed by atoms with Crippen LogP contribution in [0.3, 0.4) is 0 Å². The highest BCUT2D eigenvalue weighted by Crippen LogP contribution is 2.12. The molecular weight excluding hydrogens is 250 g/mol. The number of anilines is 1. The highest BCUT2D eigenvalue weighted by atomic mass is 16.5. The van der Waals surface area contributed by atoms with Gasteiger partial charge in [-0.2, -0.15) is 0 Å². The van der Waals surface area contributed by atoms with Gasteiger partial charge >= 0.3 is 0 Å². The Morgan fingerprint density at radius 3 is 2.25 bits per heavy atom. The maximum atomic E-state index is 5.74. The zero-order valence-corrected chi connectivity index (χ0v) is 12.5. The largest absolute Gasteiger partial charge is 0.491 e. The summed E-state index contributed by atoms with van der Waals surface area (Å²) in [6, 6.07) is 10.1. The molecule has 0 bridgehead atoms. The van der Waals surface area contributed by atoms with Gasteiger partial charge in [0.25, 0.3) is 0 Å². The van der Waals surface area contributed by atoms with Crippen LogP contribution in [0.15, 0.2) is 30.3 Å². The van der Waals surface area contributed by atoms with Crippen molar-refractivity contribution in [2.75, 3.05) is 11.9 Å². The lowest BCUT2D eigenvalue weighted by molar-refractivity contribution is 0.303. The molecule has 1 unspecified atom stereocenters. The van der Waals surface area contributed by atoms with E-state index in [0.717, 1.165) is 17.1 Å². The second-order valence-electron chi connectivity index (χ2n) is 5.14. The Bertz CT molecular complexity index is 546. The molecule has 2 rings (SSSR count). The van der Waals surface area contributed by atoms with Crippen molar-refractivity contribution in [3.05, 3.63) is 47.3 Å². The van der Waals surface area contributed by atoms with Crippen molar-refractivity contribution in [2.24, 2.45) is 0 Å². The Morgan fingerprint density at radius 1 is 1.05 bits per heavy atom. The Kier molecular flexibility index (Phi) is 4.56. The van der Waals surface area contributed by atoms with Gasteiger partial charge in [0.05, 0.1) is 6.04 Å². The minimum Gasteiger partial charge on any atom is -0.491 e. The summed E-state index contributed by atoms with van der Waals surface area (Å²) < 4.78 is 5.74. The van der Waals surface area contributed by atoms with Crippen LogP contribution in [0.25, 0.3) is 0 Å². The topological polar surface area (TPSA) is 47.0 Å². The number of nitrogens with zero attached hydrogens (tertiary/aromatic N) is 2. The lowest BCUT2D eigenvalue weighted by atomic mass is 10.2. The molecule has 0 aliphatic carbocycles. The highest BCUT2D eigenvalue weighted by molar-refractivity contribution is 5.29. The van der Waals surface area contributed by atoms with Crippen molar-refractivity contribution < 1.29 is 4.74 Å². The van der Waals surface area contributed by atoms with Gasteiger partial charge in [0, 0.05) is 11.4 Å². The molecule has 1 heterocycles. The maximum Gasteiger partial charge on any atom is 0.223 e. The lowest BCUT2D eigenvalue weighted by Crippen LogP contribution is -2.24. The van der Waals surface area contributed by atoms with Gasteiger partial charge in [0.2, 0.25) is 5.95 Å². The SMILES string of the molecule is Cc1ccc(OCC(C)Nc2nc(C)cc(C)n2)cc1. The second kappa shape index (κ2) is 6.37. The molecule has 20 heavy (non-hydrogen) atoms. The quantitative estimate of drug-likeness (QED) is 0.906. The van der Waals surface area contributed by atoms with Crippen LogP contribution in [-0.4, -0.2) is 22.6 Å². The predicted molar refractivity (Wildman–Crippen MR) is 81.3 cm³/mol. The minimum atomic E-state index is 0.137. The Labute approximate surface area is 120 Å². The summed E-state index contributed by atoms with van der Waals surface area (Å²) in [6.07, 6.45) is 0. The fraction of sp³-hybridized carbons (Fsp3) is 0.375. The molecule has 0 saturated heterocycles. The van der Waals surface area contributed by atoms with E-state index in [1.54, 1.807) is 0 Å². The first-order valence-electron chi connectivity index (χ1n) is 6.81. The Morgan fingerprint density at radius 2 is 1.65 bits per heavy atom. The first kappa shape index (κ1) is 14.3. The van der Waals surface area contributed by atoms with Crippen LogP contribution in [0.2, 0.25) is 0 Å². The molecular formula is C16H21N3O. The van der Waals surface area contributed by atoms with E-state index in [2.05, 4.69) is 29.1 Å². The van der Waals surface area contributed by atoms with Gasteiger partial charge in [-0.3, -0.25) is 0 Å². The molecule has 0 aliphatic rings. The van der Waals surface area contributed by atoms with Gasteiger partial charge < -0.3 is 10.1 Å². The third-order valence-corrected chi connectivity index (χ3v) is 2.88. The molecule has 4 heteroatoms. The van der Waals surface area contributed by atoms with Crippen molar-refractivity contribution in [1.29, 1.82) is 0 Å². The molecule has 106 valence electrons. The number of ether oxygens (including phenoxy) is 1. The van der Waals surface area contributed by atoms with E-state index in [1.165, 1.54) is 5.56 Å². The van der Waals surface area contributed by atoms with Gasteiger partial charge in [-0.15, -0.1) is 0 Å². The Hall–Kier alpha value is -2.10. The molecule has 0 radical (unpaired) electrons.